The molecule has 0 bridgehead atoms. The molecule has 0 spiro atoms. The van der Waals surface area contributed by atoms with E-state index in [2.05, 4.69) is 10.2 Å². The molecule has 2 N–H and O–H groups in total. The molecular formula is C9H20N2O4S. The first kappa shape index (κ1) is 15.3. The van der Waals surface area contributed by atoms with E-state index in [0.717, 1.165) is 6.26 Å². The fourth-order valence-electron chi connectivity index (χ4n) is 1.15. The van der Waals surface area contributed by atoms with Crippen LogP contribution in [0.15, 0.2) is 0 Å². The molecular weight excluding hydrogens is 232 g/mol. The first-order valence-electron chi connectivity index (χ1n) is 5.15. The van der Waals surface area contributed by atoms with Gasteiger partial charge in [-0.25, -0.2) is 18.6 Å². The Morgan fingerprint density at radius 3 is 2.31 bits per heavy atom. The van der Waals surface area contributed by atoms with Gasteiger partial charge < -0.3 is 0 Å². The fraction of sp³-hybridized carbons (Fsp3) is 0.889. The van der Waals surface area contributed by atoms with Crippen molar-refractivity contribution in [3.63, 3.8) is 0 Å². The molecule has 0 saturated carbocycles. The Kier molecular flexibility index (Phi) is 6.54. The zero-order chi connectivity index (χ0) is 12.8. The summed E-state index contributed by atoms with van der Waals surface area (Å²) in [7, 11) is -3.41. The van der Waals surface area contributed by atoms with E-state index >= 15 is 0 Å². The molecule has 0 radical (unpaired) electrons. The molecule has 0 fully saturated rings. The highest BCUT2D eigenvalue weighted by molar-refractivity contribution is 7.88. The SMILES string of the molecule is CCONC(=O)C(CC(C)C)NS(C)(=O)=O. The summed E-state index contributed by atoms with van der Waals surface area (Å²) in [5, 5.41) is 0. The van der Waals surface area contributed by atoms with E-state index in [9.17, 15) is 13.2 Å². The Morgan fingerprint density at radius 2 is 1.94 bits per heavy atom. The molecule has 0 aliphatic rings. The monoisotopic (exact) mass is 252 g/mol. The summed E-state index contributed by atoms with van der Waals surface area (Å²) in [6, 6.07) is -0.790. The zero-order valence-corrected chi connectivity index (χ0v) is 10.9. The van der Waals surface area contributed by atoms with Crippen LogP contribution in [0.1, 0.15) is 27.2 Å². The van der Waals surface area contributed by atoms with Gasteiger partial charge in [0.2, 0.25) is 10.0 Å². The highest BCUT2D eigenvalue weighted by atomic mass is 32.2. The van der Waals surface area contributed by atoms with Gasteiger partial charge in [-0.05, 0) is 19.3 Å². The standard InChI is InChI=1S/C9H20N2O4S/c1-5-15-10-9(12)8(6-7(2)3)11-16(4,13)14/h7-8,11H,5-6H2,1-4H3,(H,10,12). The van der Waals surface area contributed by atoms with Crippen molar-refractivity contribution in [1.29, 1.82) is 0 Å². The smallest absolute Gasteiger partial charge is 0.261 e. The normalized spacial score (nSPS) is 13.8. The fourth-order valence-corrected chi connectivity index (χ4v) is 1.87. The van der Waals surface area contributed by atoms with Gasteiger partial charge in [-0.1, -0.05) is 13.8 Å². The highest BCUT2D eigenvalue weighted by Crippen LogP contribution is 2.05. The van der Waals surface area contributed by atoms with Crippen LogP contribution in [0.5, 0.6) is 0 Å². The quantitative estimate of drug-likeness (QED) is 0.625. The van der Waals surface area contributed by atoms with Gasteiger partial charge in [0.05, 0.1) is 12.9 Å². The van der Waals surface area contributed by atoms with Crippen LogP contribution in [-0.4, -0.2) is 33.2 Å². The molecule has 7 heteroatoms. The van der Waals surface area contributed by atoms with Crippen LogP contribution in [0.4, 0.5) is 0 Å². The van der Waals surface area contributed by atoms with Crippen molar-refractivity contribution in [3.8, 4) is 0 Å². The predicted molar refractivity (Wildman–Crippen MR) is 61.0 cm³/mol. The number of sulfonamides is 1. The maximum absolute atomic E-state index is 11.6. The lowest BCUT2D eigenvalue weighted by atomic mass is 10.0. The number of amides is 1. The third-order valence-corrected chi connectivity index (χ3v) is 2.41. The molecule has 96 valence electrons. The number of carbonyl (C=O) groups excluding carboxylic acids is 1. The van der Waals surface area contributed by atoms with E-state index in [1.807, 2.05) is 13.8 Å². The van der Waals surface area contributed by atoms with Gasteiger partial charge in [-0.15, -0.1) is 0 Å². The van der Waals surface area contributed by atoms with E-state index in [4.69, 9.17) is 4.84 Å². The number of hydrogen-bond acceptors (Lipinski definition) is 4. The number of rotatable bonds is 7. The molecule has 1 atom stereocenters. The molecule has 1 unspecified atom stereocenters. The summed E-state index contributed by atoms with van der Waals surface area (Å²) in [5.41, 5.74) is 2.19. The molecule has 0 aliphatic carbocycles. The van der Waals surface area contributed by atoms with Gasteiger partial charge in [-0.2, -0.15) is 0 Å². The summed E-state index contributed by atoms with van der Waals surface area (Å²) >= 11 is 0. The largest absolute Gasteiger partial charge is 0.274 e. The molecule has 16 heavy (non-hydrogen) atoms. The predicted octanol–water partition coefficient (Wildman–Crippen LogP) is 0.0180. The van der Waals surface area contributed by atoms with Crippen molar-refractivity contribution in [1.82, 2.24) is 10.2 Å². The van der Waals surface area contributed by atoms with Crippen molar-refractivity contribution in [2.24, 2.45) is 5.92 Å². The first-order chi connectivity index (χ1) is 7.26. The van der Waals surface area contributed by atoms with Gasteiger partial charge in [0.1, 0.15) is 6.04 Å². The molecule has 0 aromatic rings. The molecule has 6 nitrogen and oxygen atoms in total. The molecule has 0 aliphatic heterocycles. The van der Waals surface area contributed by atoms with Crippen molar-refractivity contribution in [2.75, 3.05) is 12.9 Å². The summed E-state index contributed by atoms with van der Waals surface area (Å²) in [4.78, 5) is 16.3. The second-order valence-corrected chi connectivity index (χ2v) is 5.75. The second-order valence-electron chi connectivity index (χ2n) is 3.97. The summed E-state index contributed by atoms with van der Waals surface area (Å²) in [6.45, 7) is 5.87. The third kappa shape index (κ3) is 7.61. The molecule has 0 saturated heterocycles. The second kappa shape index (κ2) is 6.82. The summed E-state index contributed by atoms with van der Waals surface area (Å²) in [5.74, 6) is -0.271. The van der Waals surface area contributed by atoms with Crippen LogP contribution in [0.3, 0.4) is 0 Å². The van der Waals surface area contributed by atoms with Crippen molar-refractivity contribution < 1.29 is 18.0 Å². The Labute approximate surface area is 96.7 Å². The lowest BCUT2D eigenvalue weighted by Gasteiger charge is -2.18. The Hall–Kier alpha value is -0.660. The van der Waals surface area contributed by atoms with Gasteiger partial charge in [-0.3, -0.25) is 9.63 Å². The summed E-state index contributed by atoms with van der Waals surface area (Å²) < 4.78 is 24.4. The van der Waals surface area contributed by atoms with Crippen LogP contribution >= 0.6 is 0 Å². The Bertz CT molecular complexity index is 313. The average Bonchev–Trinajstić information content (AvgIpc) is 2.10. The lowest BCUT2D eigenvalue weighted by molar-refractivity contribution is -0.135. The molecule has 1 amide bonds. The van der Waals surface area contributed by atoms with E-state index in [0.29, 0.717) is 13.0 Å². The summed E-state index contributed by atoms with van der Waals surface area (Å²) in [6.07, 6.45) is 1.44. The van der Waals surface area contributed by atoms with Gasteiger partial charge >= 0.3 is 0 Å². The molecule has 0 rings (SSSR count). The molecule has 0 aromatic carbocycles. The van der Waals surface area contributed by atoms with Crippen LogP contribution in [0.25, 0.3) is 0 Å². The molecule has 0 aromatic heterocycles. The molecule has 0 heterocycles. The Balaban J connectivity index is 4.47. The topological polar surface area (TPSA) is 84.5 Å². The minimum atomic E-state index is -3.41. The zero-order valence-electron chi connectivity index (χ0n) is 10.1. The Morgan fingerprint density at radius 1 is 1.38 bits per heavy atom. The van der Waals surface area contributed by atoms with Gasteiger partial charge in [0, 0.05) is 0 Å². The minimum Gasteiger partial charge on any atom is -0.274 e. The van der Waals surface area contributed by atoms with Crippen molar-refractivity contribution >= 4 is 15.9 Å². The number of hydrogen-bond donors (Lipinski definition) is 2. The van der Waals surface area contributed by atoms with Crippen LogP contribution < -0.4 is 10.2 Å². The number of hydroxylamine groups is 1. The number of nitrogens with one attached hydrogen (secondary N) is 2. The maximum atomic E-state index is 11.6. The third-order valence-electron chi connectivity index (χ3n) is 1.70. The van der Waals surface area contributed by atoms with Crippen molar-refractivity contribution in [2.45, 2.75) is 33.2 Å². The van der Waals surface area contributed by atoms with Gasteiger partial charge in [0.15, 0.2) is 0 Å². The minimum absolute atomic E-state index is 0.201. The van der Waals surface area contributed by atoms with Gasteiger partial charge in [0.25, 0.3) is 5.91 Å². The average molecular weight is 252 g/mol. The van der Waals surface area contributed by atoms with Crippen molar-refractivity contribution in [3.05, 3.63) is 0 Å². The lowest BCUT2D eigenvalue weighted by Crippen LogP contribution is -2.46. The van der Waals surface area contributed by atoms with Crippen LogP contribution in [-0.2, 0) is 19.7 Å². The maximum Gasteiger partial charge on any atom is 0.261 e. The van der Waals surface area contributed by atoms with E-state index in [1.54, 1.807) is 6.92 Å². The highest BCUT2D eigenvalue weighted by Gasteiger charge is 2.23. The van der Waals surface area contributed by atoms with E-state index in [-0.39, 0.29) is 5.92 Å². The first-order valence-corrected chi connectivity index (χ1v) is 7.04. The van der Waals surface area contributed by atoms with Crippen LogP contribution in [0, 0.1) is 5.92 Å². The van der Waals surface area contributed by atoms with Crippen LogP contribution in [0.2, 0.25) is 0 Å². The van der Waals surface area contributed by atoms with E-state index in [1.165, 1.54) is 0 Å². The number of carbonyl (C=O) groups is 1. The van der Waals surface area contributed by atoms with E-state index < -0.39 is 22.0 Å².